The Morgan fingerprint density at radius 2 is 0.710 bits per heavy atom. The van der Waals surface area contributed by atoms with Crippen LogP contribution in [0.3, 0.4) is 0 Å². The summed E-state index contributed by atoms with van der Waals surface area (Å²) >= 11 is 0. The average molecular weight is 877 g/mol. The first-order valence-electron chi connectivity index (χ1n) is 23.9. The second-order valence-corrected chi connectivity index (χ2v) is 18.4. The summed E-state index contributed by atoms with van der Waals surface area (Å²) in [6, 6.07) is 98.7. The summed E-state index contributed by atoms with van der Waals surface area (Å²) in [5.41, 5.74) is 16.3. The highest BCUT2D eigenvalue weighted by Crippen LogP contribution is 2.56. The molecule has 0 unspecified atom stereocenters. The second-order valence-electron chi connectivity index (χ2n) is 18.4. The molecule has 69 heavy (non-hydrogen) atoms. The molecule has 0 aliphatic heterocycles. The van der Waals surface area contributed by atoms with Gasteiger partial charge >= 0.3 is 0 Å². The van der Waals surface area contributed by atoms with E-state index in [1.807, 2.05) is 0 Å². The molecule has 14 rings (SSSR count). The second kappa shape index (κ2) is 15.6. The molecule has 2 nitrogen and oxygen atoms in total. The molecule has 0 saturated heterocycles. The van der Waals surface area contributed by atoms with Gasteiger partial charge in [-0.25, -0.2) is 0 Å². The van der Waals surface area contributed by atoms with Gasteiger partial charge in [0.25, 0.3) is 0 Å². The van der Waals surface area contributed by atoms with E-state index in [9.17, 15) is 0 Å². The minimum atomic E-state index is -0.524. The fourth-order valence-corrected chi connectivity index (χ4v) is 11.9. The molecule has 0 atom stereocenters. The lowest BCUT2D eigenvalue weighted by Crippen LogP contribution is -2.28. The van der Waals surface area contributed by atoms with Gasteiger partial charge in [-0.2, -0.15) is 0 Å². The van der Waals surface area contributed by atoms with Crippen LogP contribution < -0.4 is 4.90 Å². The van der Waals surface area contributed by atoms with Crippen molar-refractivity contribution in [2.45, 2.75) is 5.41 Å². The summed E-state index contributed by atoms with van der Waals surface area (Å²) in [4.78, 5) is 2.45. The standard InChI is InChI=1S/C67H44N2/c1-2-17-47(18-3-1)67(63-29-12-8-25-58(63)59-26-9-13-30-64(59)67)48-19-16-20-51(43-48)68(52-41-42-57-55-23-5-4-21-53(55)54-22-6-7-24-56(54)62(57)44-52)49-37-33-45(34-38-49)46-35-39-50(40-36-46)69-65-31-14-10-27-60(65)61-28-11-15-32-66(61)69/h1-44H. The van der Waals surface area contributed by atoms with Crippen LogP contribution in [-0.4, -0.2) is 4.57 Å². The molecule has 0 N–H and O–H groups in total. The van der Waals surface area contributed by atoms with Crippen molar-refractivity contribution >= 4 is 71.2 Å². The molecular weight excluding hydrogens is 833 g/mol. The Kier molecular flexibility index (Phi) is 8.84. The van der Waals surface area contributed by atoms with E-state index in [1.165, 1.54) is 98.6 Å². The third-order valence-electron chi connectivity index (χ3n) is 14.8. The van der Waals surface area contributed by atoms with E-state index >= 15 is 0 Å². The number of hydrogen-bond acceptors (Lipinski definition) is 1. The quantitative estimate of drug-likeness (QED) is 0.145. The Morgan fingerprint density at radius 3 is 1.30 bits per heavy atom. The fourth-order valence-electron chi connectivity index (χ4n) is 11.9. The van der Waals surface area contributed by atoms with Crippen molar-refractivity contribution in [1.29, 1.82) is 0 Å². The first-order valence-corrected chi connectivity index (χ1v) is 23.9. The van der Waals surface area contributed by atoms with Crippen molar-refractivity contribution in [1.82, 2.24) is 4.57 Å². The monoisotopic (exact) mass is 876 g/mol. The lowest BCUT2D eigenvalue weighted by molar-refractivity contribution is 0.768. The Morgan fingerprint density at radius 1 is 0.275 bits per heavy atom. The normalized spacial score (nSPS) is 12.8. The predicted octanol–water partition coefficient (Wildman–Crippen LogP) is 17.7. The van der Waals surface area contributed by atoms with E-state index in [0.29, 0.717) is 0 Å². The van der Waals surface area contributed by atoms with Gasteiger partial charge in [0.05, 0.1) is 16.4 Å². The van der Waals surface area contributed by atoms with E-state index in [-0.39, 0.29) is 0 Å². The van der Waals surface area contributed by atoms with Gasteiger partial charge in [0.15, 0.2) is 0 Å². The lowest BCUT2D eigenvalue weighted by atomic mass is 9.67. The zero-order valence-electron chi connectivity index (χ0n) is 37.8. The smallest absolute Gasteiger partial charge is 0.0714 e. The number of benzene rings is 12. The molecule has 0 saturated carbocycles. The van der Waals surface area contributed by atoms with Crippen LogP contribution in [0.15, 0.2) is 267 Å². The molecule has 12 aromatic carbocycles. The maximum atomic E-state index is 2.45. The van der Waals surface area contributed by atoms with Crippen LogP contribution in [0, 0.1) is 0 Å². The molecule has 0 amide bonds. The van der Waals surface area contributed by atoms with Crippen LogP contribution in [0.2, 0.25) is 0 Å². The molecule has 1 aliphatic rings. The number of hydrogen-bond donors (Lipinski definition) is 0. The summed E-state index contributed by atoms with van der Waals surface area (Å²) in [5, 5.41) is 10.1. The third-order valence-corrected chi connectivity index (χ3v) is 14.8. The summed E-state index contributed by atoms with van der Waals surface area (Å²) < 4.78 is 2.38. The summed E-state index contributed by atoms with van der Waals surface area (Å²) in [5.74, 6) is 0. The van der Waals surface area contributed by atoms with Crippen LogP contribution in [0.5, 0.6) is 0 Å². The molecule has 322 valence electrons. The summed E-state index contributed by atoms with van der Waals surface area (Å²) in [7, 11) is 0. The molecule has 0 fully saturated rings. The van der Waals surface area contributed by atoms with Crippen LogP contribution >= 0.6 is 0 Å². The zero-order valence-corrected chi connectivity index (χ0v) is 37.8. The third kappa shape index (κ3) is 5.92. The van der Waals surface area contributed by atoms with Crippen LogP contribution in [-0.2, 0) is 5.41 Å². The lowest BCUT2D eigenvalue weighted by Gasteiger charge is -2.35. The van der Waals surface area contributed by atoms with Gasteiger partial charge in [-0.3, -0.25) is 0 Å². The number of fused-ring (bicyclic) bond motifs is 12. The van der Waals surface area contributed by atoms with E-state index in [1.54, 1.807) is 0 Å². The summed E-state index contributed by atoms with van der Waals surface area (Å²) in [6.45, 7) is 0. The van der Waals surface area contributed by atoms with Crippen LogP contribution in [0.25, 0.3) is 82.1 Å². The van der Waals surface area contributed by atoms with Crippen molar-refractivity contribution in [2.75, 3.05) is 4.90 Å². The van der Waals surface area contributed by atoms with Crippen LogP contribution in [0.1, 0.15) is 22.3 Å². The largest absolute Gasteiger partial charge is 0.310 e. The van der Waals surface area contributed by atoms with Gasteiger partial charge in [0.1, 0.15) is 0 Å². The molecule has 1 aliphatic carbocycles. The molecule has 0 spiro atoms. The number of nitrogens with zero attached hydrogens (tertiary/aromatic N) is 2. The SMILES string of the molecule is c1ccc(C2(c3cccc(N(c4ccc(-c5ccc(-n6c7ccccc7c7ccccc76)cc5)cc4)c4ccc5c6ccccc6c6ccccc6c5c4)c3)c3ccccc3-c3ccccc32)cc1. The van der Waals surface area contributed by atoms with E-state index < -0.39 is 5.41 Å². The Labute approximate surface area is 401 Å². The van der Waals surface area contributed by atoms with E-state index in [2.05, 4.69) is 276 Å². The van der Waals surface area contributed by atoms with Gasteiger partial charge in [-0.1, -0.05) is 206 Å². The molecule has 1 aromatic heterocycles. The first kappa shape index (κ1) is 39.2. The first-order chi connectivity index (χ1) is 34.2. The summed E-state index contributed by atoms with van der Waals surface area (Å²) in [6.07, 6.45) is 0. The van der Waals surface area contributed by atoms with E-state index in [4.69, 9.17) is 0 Å². The maximum absolute atomic E-state index is 2.45. The molecule has 1 heterocycles. The minimum absolute atomic E-state index is 0.524. The minimum Gasteiger partial charge on any atom is -0.310 e. The van der Waals surface area contributed by atoms with Crippen molar-refractivity contribution in [3.05, 3.63) is 289 Å². The van der Waals surface area contributed by atoms with Gasteiger partial charge < -0.3 is 9.47 Å². The average Bonchev–Trinajstić information content (AvgIpc) is 3.93. The van der Waals surface area contributed by atoms with Crippen molar-refractivity contribution in [2.24, 2.45) is 0 Å². The topological polar surface area (TPSA) is 8.17 Å². The predicted molar refractivity (Wildman–Crippen MR) is 291 cm³/mol. The highest BCUT2D eigenvalue weighted by molar-refractivity contribution is 6.25. The molecule has 0 bridgehead atoms. The molecular formula is C67H44N2. The fraction of sp³-hybridized carbons (Fsp3) is 0.0149. The number of aromatic nitrogens is 1. The van der Waals surface area contributed by atoms with Crippen molar-refractivity contribution in [3.8, 4) is 27.9 Å². The maximum Gasteiger partial charge on any atom is 0.0714 e. The van der Waals surface area contributed by atoms with Gasteiger partial charge in [-0.05, 0) is 137 Å². The van der Waals surface area contributed by atoms with Crippen molar-refractivity contribution in [3.63, 3.8) is 0 Å². The number of anilines is 3. The highest BCUT2D eigenvalue weighted by atomic mass is 15.1. The van der Waals surface area contributed by atoms with Crippen molar-refractivity contribution < 1.29 is 0 Å². The van der Waals surface area contributed by atoms with Crippen LogP contribution in [0.4, 0.5) is 17.1 Å². The number of rotatable bonds is 7. The zero-order chi connectivity index (χ0) is 45.5. The molecule has 2 heteroatoms. The highest BCUT2D eigenvalue weighted by Gasteiger charge is 2.46. The molecule has 0 radical (unpaired) electrons. The van der Waals surface area contributed by atoms with Gasteiger partial charge in [0, 0.05) is 33.5 Å². The Hall–Kier alpha value is -8.98. The van der Waals surface area contributed by atoms with Gasteiger partial charge in [0.2, 0.25) is 0 Å². The molecule has 13 aromatic rings. The number of para-hydroxylation sites is 2. The Bertz CT molecular complexity index is 3990. The Balaban J connectivity index is 0.940. The van der Waals surface area contributed by atoms with Gasteiger partial charge in [-0.15, -0.1) is 0 Å². The van der Waals surface area contributed by atoms with E-state index in [0.717, 1.165) is 22.7 Å².